The van der Waals surface area contributed by atoms with Gasteiger partial charge in [-0.05, 0) is 88.4 Å². The van der Waals surface area contributed by atoms with Crippen molar-refractivity contribution >= 4 is 0 Å². The molecule has 5 aliphatic rings. The molecule has 4 bridgehead atoms. The van der Waals surface area contributed by atoms with Crippen molar-refractivity contribution in [1.29, 1.82) is 0 Å². The first-order chi connectivity index (χ1) is 11.5. The van der Waals surface area contributed by atoms with E-state index in [2.05, 4.69) is 18.7 Å². The van der Waals surface area contributed by atoms with Crippen molar-refractivity contribution in [3.8, 4) is 0 Å². The summed E-state index contributed by atoms with van der Waals surface area (Å²) in [5.41, 5.74) is 0.472. The maximum atomic E-state index is 10.5. The highest BCUT2D eigenvalue weighted by Gasteiger charge is 2.50. The molecule has 3 heteroatoms. The summed E-state index contributed by atoms with van der Waals surface area (Å²) in [6.07, 6.45) is 12.2. The molecule has 3 nitrogen and oxygen atoms in total. The van der Waals surface area contributed by atoms with E-state index in [0.29, 0.717) is 24.1 Å². The maximum absolute atomic E-state index is 10.5. The highest BCUT2D eigenvalue weighted by Crippen LogP contribution is 2.60. The number of piperidine rings is 1. The number of β-amino-alcohol motifs (C(OH)–C–C–N with tert-alkyl or cyclic N) is 1. The van der Waals surface area contributed by atoms with E-state index < -0.39 is 0 Å². The minimum Gasteiger partial charge on any atom is -0.389 e. The number of rotatable bonds is 6. The Hall–Kier alpha value is -0.120. The standard InChI is InChI=1S/C21H37NO2/c1-15-4-3-5-16(2)22(15)12-20(23)13-24-14-21-9-17-6-18(10-21)8-19(7-17)11-21/h15-20,23H,3-14H2,1-2H3/t15-,16+,17?,18?,19?,20-,21?/m0/s1. The van der Waals surface area contributed by atoms with Crippen LogP contribution in [0.1, 0.15) is 71.6 Å². The van der Waals surface area contributed by atoms with E-state index in [-0.39, 0.29) is 6.10 Å². The topological polar surface area (TPSA) is 32.7 Å². The van der Waals surface area contributed by atoms with Crippen molar-refractivity contribution in [3.05, 3.63) is 0 Å². The molecule has 4 saturated carbocycles. The van der Waals surface area contributed by atoms with Crippen LogP contribution in [0.2, 0.25) is 0 Å². The van der Waals surface area contributed by atoms with Gasteiger partial charge < -0.3 is 9.84 Å². The summed E-state index contributed by atoms with van der Waals surface area (Å²) in [7, 11) is 0. The van der Waals surface area contributed by atoms with Gasteiger partial charge in [0.2, 0.25) is 0 Å². The third-order valence-corrected chi connectivity index (χ3v) is 7.68. The summed E-state index contributed by atoms with van der Waals surface area (Å²) >= 11 is 0. The predicted molar refractivity (Wildman–Crippen MR) is 96.9 cm³/mol. The van der Waals surface area contributed by atoms with Crippen LogP contribution in [-0.4, -0.2) is 48.0 Å². The molecule has 0 aromatic rings. The molecule has 1 N–H and O–H groups in total. The first-order valence-electron chi connectivity index (χ1n) is 10.5. The summed E-state index contributed by atoms with van der Waals surface area (Å²) in [5.74, 6) is 2.96. The molecule has 0 spiro atoms. The Kier molecular flexibility index (Phi) is 4.96. The molecular formula is C21H37NO2. The lowest BCUT2D eigenvalue weighted by atomic mass is 9.50. The van der Waals surface area contributed by atoms with Gasteiger partial charge in [0.25, 0.3) is 0 Å². The molecular weight excluding hydrogens is 298 g/mol. The van der Waals surface area contributed by atoms with Crippen molar-refractivity contribution in [2.45, 2.75) is 89.8 Å². The molecule has 5 fully saturated rings. The number of nitrogens with zero attached hydrogens (tertiary/aromatic N) is 1. The second-order valence-electron chi connectivity index (χ2n) is 9.91. The Labute approximate surface area is 148 Å². The van der Waals surface area contributed by atoms with Crippen LogP contribution >= 0.6 is 0 Å². The Balaban J connectivity index is 1.24. The Bertz CT molecular complexity index is 392. The van der Waals surface area contributed by atoms with Gasteiger partial charge in [-0.25, -0.2) is 0 Å². The zero-order valence-electron chi connectivity index (χ0n) is 15.8. The monoisotopic (exact) mass is 335 g/mol. The van der Waals surface area contributed by atoms with Crippen LogP contribution in [0.5, 0.6) is 0 Å². The number of hydrogen-bond acceptors (Lipinski definition) is 3. The molecule has 3 atom stereocenters. The number of likely N-dealkylation sites (tertiary alicyclic amines) is 1. The first-order valence-corrected chi connectivity index (χ1v) is 10.5. The fourth-order valence-corrected chi connectivity index (χ4v) is 7.01. The molecule has 24 heavy (non-hydrogen) atoms. The minimum absolute atomic E-state index is 0.332. The van der Waals surface area contributed by atoms with Gasteiger partial charge >= 0.3 is 0 Å². The molecule has 0 aromatic heterocycles. The van der Waals surface area contributed by atoms with E-state index in [0.717, 1.165) is 30.9 Å². The molecule has 1 saturated heterocycles. The molecule has 5 rings (SSSR count). The second kappa shape index (κ2) is 6.89. The Morgan fingerprint density at radius 1 is 1.00 bits per heavy atom. The van der Waals surface area contributed by atoms with Gasteiger partial charge in [0.1, 0.15) is 0 Å². The fraction of sp³-hybridized carbons (Fsp3) is 1.00. The van der Waals surface area contributed by atoms with Gasteiger partial charge in [0.05, 0.1) is 19.3 Å². The quantitative estimate of drug-likeness (QED) is 0.800. The minimum atomic E-state index is -0.332. The highest BCUT2D eigenvalue weighted by molar-refractivity contribution is 5.01. The lowest BCUT2D eigenvalue weighted by Crippen LogP contribution is -2.49. The van der Waals surface area contributed by atoms with Crippen molar-refractivity contribution < 1.29 is 9.84 Å². The molecule has 1 aliphatic heterocycles. The molecule has 0 radical (unpaired) electrons. The van der Waals surface area contributed by atoms with E-state index in [1.807, 2.05) is 0 Å². The normalized spacial score (nSPS) is 46.4. The lowest BCUT2D eigenvalue weighted by Gasteiger charge is -2.56. The van der Waals surface area contributed by atoms with E-state index >= 15 is 0 Å². The zero-order valence-corrected chi connectivity index (χ0v) is 15.8. The van der Waals surface area contributed by atoms with Gasteiger partial charge in [0.15, 0.2) is 0 Å². The molecule has 0 unspecified atom stereocenters. The van der Waals surface area contributed by atoms with Gasteiger partial charge in [0, 0.05) is 18.6 Å². The van der Waals surface area contributed by atoms with E-state index in [4.69, 9.17) is 4.74 Å². The van der Waals surface area contributed by atoms with Crippen LogP contribution in [0.15, 0.2) is 0 Å². The zero-order chi connectivity index (χ0) is 16.7. The van der Waals surface area contributed by atoms with Gasteiger partial charge in [-0.2, -0.15) is 0 Å². The first kappa shape index (κ1) is 17.3. The summed E-state index contributed by atoms with van der Waals surface area (Å²) in [6, 6.07) is 1.21. The van der Waals surface area contributed by atoms with Crippen molar-refractivity contribution in [2.75, 3.05) is 19.8 Å². The largest absolute Gasteiger partial charge is 0.389 e. The van der Waals surface area contributed by atoms with Crippen LogP contribution in [0.25, 0.3) is 0 Å². The van der Waals surface area contributed by atoms with Crippen LogP contribution in [0.3, 0.4) is 0 Å². The number of aliphatic hydroxyl groups is 1. The molecule has 0 amide bonds. The summed E-state index contributed by atoms with van der Waals surface area (Å²) in [4.78, 5) is 2.49. The molecule has 4 aliphatic carbocycles. The van der Waals surface area contributed by atoms with E-state index in [1.165, 1.54) is 57.8 Å². The third-order valence-electron chi connectivity index (χ3n) is 7.68. The molecule has 138 valence electrons. The summed E-state index contributed by atoms with van der Waals surface area (Å²) < 4.78 is 6.12. The lowest BCUT2D eigenvalue weighted by molar-refractivity contribution is -0.108. The number of ether oxygens (including phenoxy) is 1. The maximum Gasteiger partial charge on any atom is 0.0900 e. The van der Waals surface area contributed by atoms with E-state index in [1.54, 1.807) is 0 Å². The highest BCUT2D eigenvalue weighted by atomic mass is 16.5. The smallest absolute Gasteiger partial charge is 0.0900 e. The van der Waals surface area contributed by atoms with Crippen LogP contribution in [0.4, 0.5) is 0 Å². The summed E-state index contributed by atoms with van der Waals surface area (Å²) in [6.45, 7) is 6.82. The van der Waals surface area contributed by atoms with Gasteiger partial charge in [-0.15, -0.1) is 0 Å². The summed E-state index contributed by atoms with van der Waals surface area (Å²) in [5, 5.41) is 10.5. The van der Waals surface area contributed by atoms with Gasteiger partial charge in [-0.3, -0.25) is 4.90 Å². The van der Waals surface area contributed by atoms with Gasteiger partial charge in [-0.1, -0.05) is 6.42 Å². The van der Waals surface area contributed by atoms with Crippen LogP contribution < -0.4 is 0 Å². The predicted octanol–water partition coefficient (Wildman–Crippen LogP) is 3.84. The Morgan fingerprint density at radius 2 is 1.54 bits per heavy atom. The average molecular weight is 336 g/mol. The van der Waals surface area contributed by atoms with Crippen LogP contribution in [-0.2, 0) is 4.74 Å². The number of aliphatic hydroxyl groups excluding tert-OH is 1. The fourth-order valence-electron chi connectivity index (χ4n) is 7.01. The average Bonchev–Trinajstić information content (AvgIpc) is 2.49. The molecule has 1 heterocycles. The van der Waals surface area contributed by atoms with Crippen molar-refractivity contribution in [2.24, 2.45) is 23.2 Å². The van der Waals surface area contributed by atoms with Crippen LogP contribution in [0, 0.1) is 23.2 Å². The SMILES string of the molecule is C[C@@H]1CCC[C@H](C)N1C[C@H](O)COCC12CC3CC(CC(C3)C1)C2. The third kappa shape index (κ3) is 3.54. The second-order valence-corrected chi connectivity index (χ2v) is 9.91. The Morgan fingerprint density at radius 3 is 2.08 bits per heavy atom. The number of hydrogen-bond donors (Lipinski definition) is 1. The van der Waals surface area contributed by atoms with E-state index in [9.17, 15) is 5.11 Å². The van der Waals surface area contributed by atoms with Crippen molar-refractivity contribution in [1.82, 2.24) is 4.90 Å². The molecule has 0 aromatic carbocycles. The van der Waals surface area contributed by atoms with Crippen molar-refractivity contribution in [3.63, 3.8) is 0 Å².